The van der Waals surface area contributed by atoms with E-state index in [4.69, 9.17) is 0 Å². The summed E-state index contributed by atoms with van der Waals surface area (Å²) < 4.78 is 0. The maximum absolute atomic E-state index is 4.19. The van der Waals surface area contributed by atoms with E-state index in [0.29, 0.717) is 6.04 Å². The highest BCUT2D eigenvalue weighted by molar-refractivity contribution is 5.10. The van der Waals surface area contributed by atoms with E-state index in [1.54, 1.807) is 0 Å². The first-order valence-corrected chi connectivity index (χ1v) is 6.19. The molecule has 0 aromatic carbocycles. The summed E-state index contributed by atoms with van der Waals surface area (Å²) in [6.07, 6.45) is 9.44. The van der Waals surface area contributed by atoms with Gasteiger partial charge >= 0.3 is 0 Å². The first kappa shape index (κ1) is 11.2. The lowest BCUT2D eigenvalue weighted by atomic mass is 9.95. The first-order valence-electron chi connectivity index (χ1n) is 6.19. The second-order valence-electron chi connectivity index (χ2n) is 4.75. The maximum atomic E-state index is 4.19. The highest BCUT2D eigenvalue weighted by atomic mass is 14.9. The third-order valence-corrected chi connectivity index (χ3v) is 3.17. The minimum absolute atomic E-state index is 0.644. The van der Waals surface area contributed by atoms with Crippen LogP contribution in [0.4, 0.5) is 0 Å². The SMILES string of the molecule is C=C(Cc1cnc(C)[nH]1)NC1CCCCC1. The van der Waals surface area contributed by atoms with Crippen molar-refractivity contribution in [3.05, 3.63) is 30.0 Å². The molecule has 1 aliphatic rings. The summed E-state index contributed by atoms with van der Waals surface area (Å²) in [7, 11) is 0. The normalized spacial score (nSPS) is 17.3. The average molecular weight is 219 g/mol. The summed E-state index contributed by atoms with van der Waals surface area (Å²) >= 11 is 0. The molecule has 3 heteroatoms. The average Bonchev–Trinajstić information content (AvgIpc) is 2.65. The van der Waals surface area contributed by atoms with E-state index in [1.807, 2.05) is 13.1 Å². The van der Waals surface area contributed by atoms with Crippen LogP contribution < -0.4 is 5.32 Å². The van der Waals surface area contributed by atoms with E-state index in [1.165, 1.54) is 32.1 Å². The number of aryl methyl sites for hydroxylation is 1. The molecule has 16 heavy (non-hydrogen) atoms. The van der Waals surface area contributed by atoms with Crippen LogP contribution in [0.2, 0.25) is 0 Å². The molecule has 0 unspecified atom stereocenters. The van der Waals surface area contributed by atoms with E-state index in [0.717, 1.165) is 23.6 Å². The molecule has 2 rings (SSSR count). The van der Waals surface area contributed by atoms with Crippen LogP contribution in [0.1, 0.15) is 43.6 Å². The minimum atomic E-state index is 0.644. The van der Waals surface area contributed by atoms with Gasteiger partial charge in [-0.25, -0.2) is 4.98 Å². The van der Waals surface area contributed by atoms with E-state index in [2.05, 4.69) is 21.9 Å². The number of aromatic nitrogens is 2. The van der Waals surface area contributed by atoms with E-state index >= 15 is 0 Å². The number of nitrogens with one attached hydrogen (secondary N) is 2. The zero-order chi connectivity index (χ0) is 11.4. The van der Waals surface area contributed by atoms with Crippen molar-refractivity contribution >= 4 is 0 Å². The number of aromatic amines is 1. The summed E-state index contributed by atoms with van der Waals surface area (Å²) in [5, 5.41) is 3.53. The summed E-state index contributed by atoms with van der Waals surface area (Å²) in [4.78, 5) is 7.42. The topological polar surface area (TPSA) is 40.7 Å². The lowest BCUT2D eigenvalue weighted by Crippen LogP contribution is -2.30. The molecule has 0 amide bonds. The van der Waals surface area contributed by atoms with Crippen molar-refractivity contribution in [2.24, 2.45) is 0 Å². The number of rotatable bonds is 4. The Morgan fingerprint density at radius 2 is 2.25 bits per heavy atom. The number of allylic oxidation sites excluding steroid dienone is 1. The van der Waals surface area contributed by atoms with Crippen molar-refractivity contribution in [3.8, 4) is 0 Å². The molecule has 0 radical (unpaired) electrons. The molecule has 1 fully saturated rings. The van der Waals surface area contributed by atoms with Crippen LogP contribution in [-0.4, -0.2) is 16.0 Å². The zero-order valence-electron chi connectivity index (χ0n) is 10.1. The molecule has 0 aliphatic heterocycles. The largest absolute Gasteiger partial charge is 0.386 e. The van der Waals surface area contributed by atoms with Gasteiger partial charge in [0.2, 0.25) is 0 Å². The lowest BCUT2D eigenvalue weighted by molar-refractivity contribution is 0.394. The highest BCUT2D eigenvalue weighted by Gasteiger charge is 2.13. The van der Waals surface area contributed by atoms with Crippen LogP contribution >= 0.6 is 0 Å². The van der Waals surface area contributed by atoms with Crippen LogP contribution in [-0.2, 0) is 6.42 Å². The summed E-state index contributed by atoms with van der Waals surface area (Å²) in [6, 6.07) is 0.644. The number of imidazole rings is 1. The number of H-pyrrole nitrogens is 1. The van der Waals surface area contributed by atoms with Gasteiger partial charge in [0, 0.05) is 30.1 Å². The molecule has 1 saturated carbocycles. The summed E-state index contributed by atoms with van der Waals surface area (Å²) in [6.45, 7) is 6.07. The van der Waals surface area contributed by atoms with Gasteiger partial charge < -0.3 is 10.3 Å². The van der Waals surface area contributed by atoms with Gasteiger partial charge in [-0.1, -0.05) is 25.8 Å². The van der Waals surface area contributed by atoms with Crippen molar-refractivity contribution in [1.29, 1.82) is 0 Å². The fraction of sp³-hybridized carbons (Fsp3) is 0.615. The van der Waals surface area contributed by atoms with Gasteiger partial charge in [0.05, 0.1) is 0 Å². The van der Waals surface area contributed by atoms with Crippen molar-refractivity contribution in [1.82, 2.24) is 15.3 Å². The van der Waals surface area contributed by atoms with Crippen LogP contribution in [0.25, 0.3) is 0 Å². The standard InChI is InChI=1S/C13H21N3/c1-10(8-13-9-14-11(2)16-13)15-12-6-4-3-5-7-12/h9,12,15H,1,3-8H2,2H3,(H,14,16). The highest BCUT2D eigenvalue weighted by Crippen LogP contribution is 2.18. The summed E-state index contributed by atoms with van der Waals surface area (Å²) in [5.41, 5.74) is 2.25. The Morgan fingerprint density at radius 3 is 2.88 bits per heavy atom. The molecule has 0 spiro atoms. The molecule has 0 atom stereocenters. The molecular weight excluding hydrogens is 198 g/mol. The molecule has 88 valence electrons. The van der Waals surface area contributed by atoms with Gasteiger partial charge in [-0.3, -0.25) is 0 Å². The Kier molecular flexibility index (Phi) is 3.65. The van der Waals surface area contributed by atoms with Gasteiger partial charge in [-0.05, 0) is 19.8 Å². The molecule has 0 bridgehead atoms. The van der Waals surface area contributed by atoms with E-state index in [9.17, 15) is 0 Å². The lowest BCUT2D eigenvalue weighted by Gasteiger charge is -2.24. The molecule has 1 aromatic rings. The van der Waals surface area contributed by atoms with E-state index < -0.39 is 0 Å². The molecular formula is C13H21N3. The Hall–Kier alpha value is -1.25. The minimum Gasteiger partial charge on any atom is -0.386 e. The van der Waals surface area contributed by atoms with Gasteiger partial charge in [0.25, 0.3) is 0 Å². The van der Waals surface area contributed by atoms with Gasteiger partial charge in [0.1, 0.15) is 5.82 Å². The monoisotopic (exact) mass is 219 g/mol. The number of nitrogens with zero attached hydrogens (tertiary/aromatic N) is 1. The van der Waals surface area contributed by atoms with Crippen LogP contribution in [0.3, 0.4) is 0 Å². The van der Waals surface area contributed by atoms with E-state index in [-0.39, 0.29) is 0 Å². The number of hydrogen-bond acceptors (Lipinski definition) is 2. The molecule has 2 N–H and O–H groups in total. The third kappa shape index (κ3) is 3.12. The smallest absolute Gasteiger partial charge is 0.103 e. The predicted molar refractivity (Wildman–Crippen MR) is 66.2 cm³/mol. The first-order chi connectivity index (χ1) is 7.74. The van der Waals surface area contributed by atoms with Crippen molar-refractivity contribution in [2.45, 2.75) is 51.5 Å². The molecule has 1 heterocycles. The second kappa shape index (κ2) is 5.19. The van der Waals surface area contributed by atoms with Gasteiger partial charge in [-0.15, -0.1) is 0 Å². The van der Waals surface area contributed by atoms with Crippen LogP contribution in [0.5, 0.6) is 0 Å². The summed E-state index contributed by atoms with van der Waals surface area (Å²) in [5.74, 6) is 0.973. The molecule has 3 nitrogen and oxygen atoms in total. The third-order valence-electron chi connectivity index (χ3n) is 3.17. The fourth-order valence-corrected chi connectivity index (χ4v) is 2.38. The molecule has 1 aliphatic carbocycles. The number of hydrogen-bond donors (Lipinski definition) is 2. The van der Waals surface area contributed by atoms with Crippen LogP contribution in [0.15, 0.2) is 18.5 Å². The van der Waals surface area contributed by atoms with Crippen LogP contribution in [0, 0.1) is 6.92 Å². The Morgan fingerprint density at radius 1 is 1.50 bits per heavy atom. The molecule has 0 saturated heterocycles. The Bertz CT molecular complexity index is 348. The fourth-order valence-electron chi connectivity index (χ4n) is 2.38. The maximum Gasteiger partial charge on any atom is 0.103 e. The predicted octanol–water partition coefficient (Wildman–Crippen LogP) is 2.70. The Balaban J connectivity index is 1.79. The quantitative estimate of drug-likeness (QED) is 0.817. The van der Waals surface area contributed by atoms with Crippen molar-refractivity contribution < 1.29 is 0 Å². The second-order valence-corrected chi connectivity index (χ2v) is 4.75. The molecule has 1 aromatic heterocycles. The van der Waals surface area contributed by atoms with Gasteiger partial charge in [0.15, 0.2) is 0 Å². The zero-order valence-corrected chi connectivity index (χ0v) is 10.1. The van der Waals surface area contributed by atoms with Crippen molar-refractivity contribution in [3.63, 3.8) is 0 Å². The van der Waals surface area contributed by atoms with Crippen molar-refractivity contribution in [2.75, 3.05) is 0 Å². The van der Waals surface area contributed by atoms with Gasteiger partial charge in [-0.2, -0.15) is 0 Å². The Labute approximate surface area is 97.4 Å².